The molecule has 0 spiro atoms. The Morgan fingerprint density at radius 1 is 1.14 bits per heavy atom. The number of rotatable bonds is 12. The van der Waals surface area contributed by atoms with Crippen LogP contribution >= 0.6 is 0 Å². The third-order valence-corrected chi connectivity index (χ3v) is 7.39. The number of nitro groups is 1. The molecular weight excluding hydrogens is 474 g/mol. The van der Waals surface area contributed by atoms with Crippen LogP contribution in [0.1, 0.15) is 50.8 Å². The average Bonchev–Trinajstić information content (AvgIpc) is 3.24. The standard InChI is InChI=1S/C28H37N3O6/c1-5-19(2)26(37-18-20-12-8-6-9-13-20)23-25(31(34)35)24(21-14-10-7-11-15-21)30-28(23,3)27(33)29-17-16-22(32)36-4/h6-15,19,23-26,30H,5,16-18H2,1-4H3,(H,29,33)/t19-,23+,24-,25-,26?,28+/m0/s1. The maximum absolute atomic E-state index is 13.7. The van der Waals surface area contributed by atoms with Gasteiger partial charge < -0.3 is 14.8 Å². The summed E-state index contributed by atoms with van der Waals surface area (Å²) in [6.07, 6.45) is 0.137. The van der Waals surface area contributed by atoms with Crippen molar-refractivity contribution in [1.82, 2.24) is 10.6 Å². The Morgan fingerprint density at radius 2 is 1.76 bits per heavy atom. The van der Waals surface area contributed by atoms with Gasteiger partial charge in [0, 0.05) is 11.5 Å². The zero-order valence-corrected chi connectivity index (χ0v) is 21.9. The van der Waals surface area contributed by atoms with Gasteiger partial charge in [-0.15, -0.1) is 0 Å². The highest BCUT2D eigenvalue weighted by Gasteiger charge is 2.64. The lowest BCUT2D eigenvalue weighted by atomic mass is 9.74. The number of ether oxygens (including phenoxy) is 2. The van der Waals surface area contributed by atoms with Crippen molar-refractivity contribution in [3.63, 3.8) is 0 Å². The molecule has 0 radical (unpaired) electrons. The first-order valence-electron chi connectivity index (χ1n) is 12.7. The van der Waals surface area contributed by atoms with Crippen molar-refractivity contribution in [3.8, 4) is 0 Å². The second-order valence-electron chi connectivity index (χ2n) is 9.77. The molecule has 1 amide bonds. The van der Waals surface area contributed by atoms with Crippen LogP contribution < -0.4 is 10.6 Å². The fraction of sp³-hybridized carbons (Fsp3) is 0.500. The summed E-state index contributed by atoms with van der Waals surface area (Å²) < 4.78 is 11.1. The quantitative estimate of drug-likeness (QED) is 0.253. The van der Waals surface area contributed by atoms with E-state index in [1.54, 1.807) is 6.92 Å². The Kier molecular flexibility index (Phi) is 9.77. The van der Waals surface area contributed by atoms with Crippen LogP contribution in [-0.4, -0.2) is 48.1 Å². The summed E-state index contributed by atoms with van der Waals surface area (Å²) in [6, 6.07) is 17.0. The minimum atomic E-state index is -1.33. The minimum absolute atomic E-state index is 0.00304. The van der Waals surface area contributed by atoms with E-state index in [1.807, 2.05) is 74.5 Å². The molecule has 37 heavy (non-hydrogen) atoms. The molecule has 1 heterocycles. The molecule has 2 N–H and O–H groups in total. The highest BCUT2D eigenvalue weighted by Crippen LogP contribution is 2.45. The van der Waals surface area contributed by atoms with E-state index in [4.69, 9.17) is 4.74 Å². The first-order chi connectivity index (χ1) is 17.7. The fourth-order valence-electron chi connectivity index (χ4n) is 5.17. The summed E-state index contributed by atoms with van der Waals surface area (Å²) in [5.74, 6) is -1.71. The van der Waals surface area contributed by atoms with Gasteiger partial charge in [0.25, 0.3) is 0 Å². The minimum Gasteiger partial charge on any atom is -0.469 e. The summed E-state index contributed by atoms with van der Waals surface area (Å²) in [7, 11) is 1.28. The van der Waals surface area contributed by atoms with Gasteiger partial charge in [0.2, 0.25) is 11.9 Å². The monoisotopic (exact) mass is 511 g/mol. The first kappa shape index (κ1) is 28.3. The summed E-state index contributed by atoms with van der Waals surface area (Å²) in [5, 5.41) is 18.8. The number of carbonyl (C=O) groups is 2. The van der Waals surface area contributed by atoms with Gasteiger partial charge in [0.15, 0.2) is 0 Å². The van der Waals surface area contributed by atoms with Crippen molar-refractivity contribution >= 4 is 11.9 Å². The molecule has 9 heteroatoms. The lowest BCUT2D eigenvalue weighted by molar-refractivity contribution is -0.536. The van der Waals surface area contributed by atoms with E-state index >= 15 is 0 Å². The Balaban J connectivity index is 2.02. The summed E-state index contributed by atoms with van der Waals surface area (Å²) in [6.45, 7) is 6.04. The molecule has 6 atom stereocenters. The van der Waals surface area contributed by atoms with Crippen LogP contribution in [0.5, 0.6) is 0 Å². The molecule has 1 saturated heterocycles. The SMILES string of the molecule is CC[C@H](C)C(OCc1ccccc1)[C@H]1[C@H]([N+](=O)[O-])[C@H](c2ccccc2)N[C@@]1(C)C(=O)NCCC(=O)OC. The van der Waals surface area contributed by atoms with Crippen LogP contribution in [0.3, 0.4) is 0 Å². The van der Waals surface area contributed by atoms with E-state index in [0.717, 1.165) is 17.5 Å². The second kappa shape index (κ2) is 12.8. The van der Waals surface area contributed by atoms with Gasteiger partial charge in [0.1, 0.15) is 11.6 Å². The zero-order valence-electron chi connectivity index (χ0n) is 21.9. The van der Waals surface area contributed by atoms with Crippen molar-refractivity contribution in [2.24, 2.45) is 11.8 Å². The number of benzene rings is 2. The molecule has 200 valence electrons. The molecule has 1 aliphatic heterocycles. The van der Waals surface area contributed by atoms with Crippen molar-refractivity contribution in [1.29, 1.82) is 0 Å². The number of nitrogens with one attached hydrogen (secondary N) is 2. The third kappa shape index (κ3) is 6.53. The Hall–Kier alpha value is -3.30. The van der Waals surface area contributed by atoms with Crippen LogP contribution in [-0.2, 0) is 25.7 Å². The average molecular weight is 512 g/mol. The van der Waals surface area contributed by atoms with Gasteiger partial charge in [-0.1, -0.05) is 80.9 Å². The normalized spacial score (nSPS) is 24.7. The predicted octanol–water partition coefficient (Wildman–Crippen LogP) is 3.66. The molecule has 1 fully saturated rings. The lowest BCUT2D eigenvalue weighted by Crippen LogP contribution is -2.60. The summed E-state index contributed by atoms with van der Waals surface area (Å²) in [5.41, 5.74) is 0.341. The number of hydrogen-bond acceptors (Lipinski definition) is 7. The fourth-order valence-corrected chi connectivity index (χ4v) is 5.17. The number of hydrogen-bond donors (Lipinski definition) is 2. The second-order valence-corrected chi connectivity index (χ2v) is 9.77. The predicted molar refractivity (Wildman–Crippen MR) is 139 cm³/mol. The van der Waals surface area contributed by atoms with Crippen molar-refractivity contribution in [2.75, 3.05) is 13.7 Å². The maximum Gasteiger partial charge on any atom is 0.307 e. The largest absolute Gasteiger partial charge is 0.469 e. The topological polar surface area (TPSA) is 120 Å². The number of amides is 1. The van der Waals surface area contributed by atoms with Crippen LogP contribution in [0, 0.1) is 22.0 Å². The summed E-state index contributed by atoms with van der Waals surface area (Å²) in [4.78, 5) is 37.6. The van der Waals surface area contributed by atoms with Crippen molar-refractivity contribution in [3.05, 3.63) is 81.9 Å². The van der Waals surface area contributed by atoms with Crippen LogP contribution in [0.25, 0.3) is 0 Å². The van der Waals surface area contributed by atoms with Crippen LogP contribution in [0.15, 0.2) is 60.7 Å². The van der Waals surface area contributed by atoms with E-state index in [9.17, 15) is 19.7 Å². The molecule has 0 bridgehead atoms. The van der Waals surface area contributed by atoms with E-state index < -0.39 is 41.5 Å². The molecule has 0 aliphatic carbocycles. The third-order valence-electron chi connectivity index (χ3n) is 7.39. The Labute approximate surface area is 218 Å². The van der Waals surface area contributed by atoms with Crippen molar-refractivity contribution in [2.45, 2.75) is 63.9 Å². The molecule has 0 aromatic heterocycles. The smallest absolute Gasteiger partial charge is 0.307 e. The highest BCUT2D eigenvalue weighted by molar-refractivity contribution is 5.87. The van der Waals surface area contributed by atoms with E-state index in [-0.39, 0.29) is 30.4 Å². The number of nitrogens with zero attached hydrogens (tertiary/aromatic N) is 1. The van der Waals surface area contributed by atoms with Gasteiger partial charge in [0.05, 0.1) is 32.2 Å². The molecule has 2 aromatic rings. The van der Waals surface area contributed by atoms with Crippen molar-refractivity contribution < 1.29 is 24.0 Å². The van der Waals surface area contributed by atoms with E-state index in [0.29, 0.717) is 0 Å². The summed E-state index contributed by atoms with van der Waals surface area (Å²) >= 11 is 0. The number of methoxy groups -OCH3 is 1. The molecular formula is C28H37N3O6. The van der Waals surface area contributed by atoms with Gasteiger partial charge in [-0.05, 0) is 24.0 Å². The number of esters is 1. The Bertz CT molecular complexity index is 1050. The van der Waals surface area contributed by atoms with Gasteiger partial charge in [-0.2, -0.15) is 0 Å². The van der Waals surface area contributed by atoms with Gasteiger partial charge in [-0.25, -0.2) is 0 Å². The first-order valence-corrected chi connectivity index (χ1v) is 12.7. The molecule has 2 aromatic carbocycles. The van der Waals surface area contributed by atoms with E-state index in [1.165, 1.54) is 7.11 Å². The Morgan fingerprint density at radius 3 is 2.32 bits per heavy atom. The molecule has 1 aliphatic rings. The van der Waals surface area contributed by atoms with Gasteiger partial charge >= 0.3 is 5.97 Å². The maximum atomic E-state index is 13.7. The lowest BCUT2D eigenvalue weighted by Gasteiger charge is -2.37. The van der Waals surface area contributed by atoms with Gasteiger partial charge in [-0.3, -0.25) is 25.0 Å². The molecule has 9 nitrogen and oxygen atoms in total. The zero-order chi connectivity index (χ0) is 27.0. The highest BCUT2D eigenvalue weighted by atomic mass is 16.6. The molecule has 0 saturated carbocycles. The van der Waals surface area contributed by atoms with E-state index in [2.05, 4.69) is 15.4 Å². The molecule has 3 rings (SSSR count). The number of carbonyl (C=O) groups excluding carboxylic acids is 2. The molecule has 1 unspecified atom stereocenters. The van der Waals surface area contributed by atoms with Crippen LogP contribution in [0.2, 0.25) is 0 Å². The van der Waals surface area contributed by atoms with Crippen LogP contribution in [0.4, 0.5) is 0 Å².